The highest BCUT2D eigenvalue weighted by Gasteiger charge is 2.13. The second-order valence-electron chi connectivity index (χ2n) is 4.93. The van der Waals surface area contributed by atoms with E-state index in [2.05, 4.69) is 21.4 Å². The summed E-state index contributed by atoms with van der Waals surface area (Å²) in [7, 11) is 0. The molecule has 0 saturated heterocycles. The molecule has 0 aliphatic heterocycles. The Hall–Kier alpha value is -3.46. The van der Waals surface area contributed by atoms with Crippen LogP contribution in [0.25, 0.3) is 5.69 Å². The van der Waals surface area contributed by atoms with Crippen molar-refractivity contribution in [3.05, 3.63) is 65.9 Å². The number of nitrogen functional groups attached to an aromatic ring is 1. The Morgan fingerprint density at radius 2 is 1.74 bits per heavy atom. The van der Waals surface area contributed by atoms with Gasteiger partial charge in [0.2, 0.25) is 0 Å². The predicted molar refractivity (Wildman–Crippen MR) is 88.0 cm³/mol. The summed E-state index contributed by atoms with van der Waals surface area (Å²) in [4.78, 5) is 0. The number of aryl methyl sites for hydroxylation is 1. The van der Waals surface area contributed by atoms with E-state index in [0.29, 0.717) is 28.5 Å². The molecule has 1 heterocycles. The first kappa shape index (κ1) is 14.5. The van der Waals surface area contributed by atoms with E-state index < -0.39 is 0 Å². The lowest BCUT2D eigenvalue weighted by atomic mass is 10.2. The van der Waals surface area contributed by atoms with Gasteiger partial charge in [0, 0.05) is 0 Å². The Bertz CT molecular complexity index is 885. The SMILES string of the molecule is Cc1nn(-c2ccccc2)c(N)c1/N=N/c1ccc(C#N)cc1. The lowest BCUT2D eigenvalue weighted by Crippen LogP contribution is -2.01. The molecule has 23 heavy (non-hydrogen) atoms. The Labute approximate surface area is 133 Å². The van der Waals surface area contributed by atoms with E-state index in [-0.39, 0.29) is 0 Å². The number of nitriles is 1. The van der Waals surface area contributed by atoms with Gasteiger partial charge in [-0.25, -0.2) is 4.68 Å². The molecule has 0 aliphatic rings. The van der Waals surface area contributed by atoms with E-state index in [9.17, 15) is 0 Å². The van der Waals surface area contributed by atoms with E-state index in [1.807, 2.05) is 37.3 Å². The van der Waals surface area contributed by atoms with Gasteiger partial charge in [-0.05, 0) is 43.3 Å². The van der Waals surface area contributed by atoms with E-state index in [0.717, 1.165) is 5.69 Å². The normalized spacial score (nSPS) is 10.8. The number of hydrogen-bond acceptors (Lipinski definition) is 5. The lowest BCUT2D eigenvalue weighted by Gasteiger charge is -2.02. The standard InChI is InChI=1S/C17H14N6/c1-12-16(21-20-14-9-7-13(11-18)8-10-14)17(19)23(22-12)15-5-3-2-4-6-15/h2-10H,19H2,1H3/b21-20+. The largest absolute Gasteiger partial charge is 0.382 e. The minimum absolute atomic E-state index is 0.436. The smallest absolute Gasteiger partial charge is 0.155 e. The summed E-state index contributed by atoms with van der Waals surface area (Å²) in [6.07, 6.45) is 0. The van der Waals surface area contributed by atoms with Crippen molar-refractivity contribution >= 4 is 17.2 Å². The zero-order chi connectivity index (χ0) is 16.2. The molecule has 112 valence electrons. The highest BCUT2D eigenvalue weighted by Crippen LogP contribution is 2.30. The van der Waals surface area contributed by atoms with E-state index in [1.54, 1.807) is 28.9 Å². The quantitative estimate of drug-likeness (QED) is 0.740. The van der Waals surface area contributed by atoms with Gasteiger partial charge in [-0.1, -0.05) is 18.2 Å². The van der Waals surface area contributed by atoms with Crippen molar-refractivity contribution in [2.75, 3.05) is 5.73 Å². The number of rotatable bonds is 3. The molecule has 0 amide bonds. The van der Waals surface area contributed by atoms with Crippen molar-refractivity contribution in [1.82, 2.24) is 9.78 Å². The third-order valence-corrected chi connectivity index (χ3v) is 3.33. The maximum absolute atomic E-state index is 8.79. The monoisotopic (exact) mass is 302 g/mol. The molecular formula is C17H14N6. The van der Waals surface area contributed by atoms with E-state index in [1.165, 1.54) is 0 Å². The van der Waals surface area contributed by atoms with Gasteiger partial charge in [0.1, 0.15) is 0 Å². The molecule has 0 radical (unpaired) electrons. The van der Waals surface area contributed by atoms with Crippen molar-refractivity contribution in [3.63, 3.8) is 0 Å². The average molecular weight is 302 g/mol. The van der Waals surface area contributed by atoms with Crippen molar-refractivity contribution in [1.29, 1.82) is 5.26 Å². The first-order chi connectivity index (χ1) is 11.2. The highest BCUT2D eigenvalue weighted by molar-refractivity contribution is 5.64. The van der Waals surface area contributed by atoms with Crippen LogP contribution in [0.15, 0.2) is 64.8 Å². The third kappa shape index (κ3) is 2.94. The number of nitrogens with two attached hydrogens (primary N) is 1. The highest BCUT2D eigenvalue weighted by atomic mass is 15.3. The van der Waals surface area contributed by atoms with Gasteiger partial charge in [-0.3, -0.25) is 0 Å². The summed E-state index contributed by atoms with van der Waals surface area (Å²) in [6.45, 7) is 1.84. The minimum Gasteiger partial charge on any atom is -0.382 e. The first-order valence-electron chi connectivity index (χ1n) is 7.01. The fraction of sp³-hybridized carbons (Fsp3) is 0.0588. The molecule has 6 nitrogen and oxygen atoms in total. The number of nitrogens with zero attached hydrogens (tertiary/aromatic N) is 5. The van der Waals surface area contributed by atoms with Crippen molar-refractivity contribution < 1.29 is 0 Å². The van der Waals surface area contributed by atoms with Gasteiger partial charge in [0.15, 0.2) is 11.5 Å². The van der Waals surface area contributed by atoms with Crippen molar-refractivity contribution in [2.45, 2.75) is 6.92 Å². The van der Waals surface area contributed by atoms with Crippen LogP contribution < -0.4 is 5.73 Å². The molecule has 2 aromatic carbocycles. The molecular weight excluding hydrogens is 288 g/mol. The number of benzene rings is 2. The molecule has 6 heteroatoms. The summed E-state index contributed by atoms with van der Waals surface area (Å²) in [6, 6.07) is 18.5. The summed E-state index contributed by atoms with van der Waals surface area (Å²) >= 11 is 0. The maximum Gasteiger partial charge on any atom is 0.155 e. The number of para-hydroxylation sites is 1. The zero-order valence-electron chi connectivity index (χ0n) is 12.5. The molecule has 0 unspecified atom stereocenters. The molecule has 0 aliphatic carbocycles. The second-order valence-corrected chi connectivity index (χ2v) is 4.93. The van der Waals surface area contributed by atoms with Gasteiger partial charge in [-0.15, -0.1) is 5.11 Å². The number of azo groups is 1. The Kier molecular flexibility index (Phi) is 3.85. The molecule has 0 bridgehead atoms. The fourth-order valence-electron chi connectivity index (χ4n) is 2.14. The van der Waals surface area contributed by atoms with Crippen LogP contribution in [0.4, 0.5) is 17.2 Å². The lowest BCUT2D eigenvalue weighted by molar-refractivity contribution is 0.872. The number of hydrogen-bond donors (Lipinski definition) is 1. The maximum atomic E-state index is 8.79. The van der Waals surface area contributed by atoms with Crippen LogP contribution in [-0.4, -0.2) is 9.78 Å². The zero-order valence-corrected chi connectivity index (χ0v) is 12.5. The van der Waals surface area contributed by atoms with Crippen LogP contribution in [0.3, 0.4) is 0 Å². The van der Waals surface area contributed by atoms with Crippen LogP contribution in [0, 0.1) is 18.3 Å². The summed E-state index contributed by atoms with van der Waals surface area (Å²) in [5, 5.41) is 21.6. The molecule has 0 spiro atoms. The third-order valence-electron chi connectivity index (χ3n) is 3.33. The number of aromatic nitrogens is 2. The van der Waals surface area contributed by atoms with Gasteiger partial charge < -0.3 is 5.73 Å². The van der Waals surface area contributed by atoms with Gasteiger partial charge in [-0.2, -0.15) is 15.5 Å². The molecule has 1 aromatic heterocycles. The van der Waals surface area contributed by atoms with Crippen molar-refractivity contribution in [3.8, 4) is 11.8 Å². The van der Waals surface area contributed by atoms with Crippen LogP contribution in [0.5, 0.6) is 0 Å². The van der Waals surface area contributed by atoms with Crippen molar-refractivity contribution in [2.24, 2.45) is 10.2 Å². The predicted octanol–water partition coefficient (Wildman–Crippen LogP) is 4.05. The van der Waals surface area contributed by atoms with E-state index >= 15 is 0 Å². The molecule has 3 aromatic rings. The molecule has 0 atom stereocenters. The van der Waals surface area contributed by atoms with Crippen LogP contribution in [0.2, 0.25) is 0 Å². The molecule has 3 rings (SSSR count). The van der Waals surface area contributed by atoms with Crippen LogP contribution >= 0.6 is 0 Å². The number of anilines is 1. The second kappa shape index (κ2) is 6.12. The topological polar surface area (TPSA) is 92.3 Å². The first-order valence-corrected chi connectivity index (χ1v) is 7.01. The van der Waals surface area contributed by atoms with Gasteiger partial charge in [0.25, 0.3) is 0 Å². The minimum atomic E-state index is 0.436. The van der Waals surface area contributed by atoms with Crippen LogP contribution in [0.1, 0.15) is 11.3 Å². The fourth-order valence-corrected chi connectivity index (χ4v) is 2.14. The van der Waals surface area contributed by atoms with Gasteiger partial charge in [0.05, 0.1) is 28.7 Å². The average Bonchev–Trinajstić information content (AvgIpc) is 2.88. The molecule has 0 saturated carbocycles. The summed E-state index contributed by atoms with van der Waals surface area (Å²) < 4.78 is 1.64. The summed E-state index contributed by atoms with van der Waals surface area (Å²) in [5.41, 5.74) is 9.48. The summed E-state index contributed by atoms with van der Waals surface area (Å²) in [5.74, 6) is 0.436. The Balaban J connectivity index is 1.93. The Morgan fingerprint density at radius 1 is 1.04 bits per heavy atom. The van der Waals surface area contributed by atoms with Crippen LogP contribution in [-0.2, 0) is 0 Å². The van der Waals surface area contributed by atoms with Gasteiger partial charge >= 0.3 is 0 Å². The molecule has 0 fully saturated rings. The van der Waals surface area contributed by atoms with E-state index in [4.69, 9.17) is 11.0 Å². The Morgan fingerprint density at radius 3 is 2.39 bits per heavy atom. The molecule has 2 N–H and O–H groups in total.